The minimum absolute atomic E-state index is 0.0360. The second-order valence-electron chi connectivity index (χ2n) is 11.3. The average molecular weight is 515 g/mol. The zero-order chi connectivity index (χ0) is 26.7. The first-order valence-electron chi connectivity index (χ1n) is 14.2. The Labute approximate surface area is 226 Å². The van der Waals surface area contributed by atoms with E-state index in [-0.39, 0.29) is 17.1 Å². The molecule has 0 saturated carbocycles. The van der Waals surface area contributed by atoms with Gasteiger partial charge >= 0.3 is 0 Å². The van der Waals surface area contributed by atoms with Crippen LogP contribution < -0.4 is 10.4 Å². The van der Waals surface area contributed by atoms with Crippen molar-refractivity contribution in [3.63, 3.8) is 0 Å². The summed E-state index contributed by atoms with van der Waals surface area (Å²) in [6, 6.07) is 32.1. The molecule has 0 amide bonds. The van der Waals surface area contributed by atoms with Crippen molar-refractivity contribution < 1.29 is 9.22 Å². The fraction of sp³-hybridized carbons (Fsp3) is 0.441. The van der Waals surface area contributed by atoms with Crippen molar-refractivity contribution in [2.24, 2.45) is 5.92 Å². The molecule has 0 radical (unpaired) electrons. The van der Waals surface area contributed by atoms with E-state index < -0.39 is 8.32 Å². The Morgan fingerprint density at radius 3 is 1.78 bits per heavy atom. The Balaban J connectivity index is 1.91. The number of rotatable bonds is 14. The number of hydrogen-bond donors (Lipinski definition) is 0. The number of Topliss-reactive ketones (excluding diaryl/α,β-unsaturated/α-hetero) is 1. The summed E-state index contributed by atoms with van der Waals surface area (Å²) in [6.45, 7) is 11.4. The van der Waals surface area contributed by atoms with E-state index in [1.165, 1.54) is 15.9 Å². The van der Waals surface area contributed by atoms with Gasteiger partial charge in [-0.2, -0.15) is 0 Å². The van der Waals surface area contributed by atoms with Crippen molar-refractivity contribution in [1.29, 1.82) is 0 Å². The van der Waals surface area contributed by atoms with Gasteiger partial charge in [-0.25, -0.2) is 0 Å². The number of carbonyl (C=O) groups is 1. The fourth-order valence-electron chi connectivity index (χ4n) is 5.53. The first kappa shape index (κ1) is 29.1. The van der Waals surface area contributed by atoms with E-state index in [0.717, 1.165) is 38.5 Å². The SMILES string of the molecule is CCCC[C@H](C[C@@H](CC)O[Si](c1ccccc1)(c1ccccc1)C(C)(C)C)C(=O)CCc1ccccc1. The number of ketones is 1. The minimum Gasteiger partial charge on any atom is -0.404 e. The Hall–Kier alpha value is -2.49. The Bertz CT molecular complexity index is 1020. The molecule has 0 aliphatic rings. The van der Waals surface area contributed by atoms with E-state index in [0.29, 0.717) is 12.2 Å². The van der Waals surface area contributed by atoms with Gasteiger partial charge in [0.2, 0.25) is 0 Å². The molecule has 0 unspecified atom stereocenters. The average Bonchev–Trinajstić information content (AvgIpc) is 2.92. The molecule has 3 rings (SSSR count). The first-order valence-corrected chi connectivity index (χ1v) is 16.1. The van der Waals surface area contributed by atoms with E-state index in [2.05, 4.69) is 120 Å². The summed E-state index contributed by atoms with van der Waals surface area (Å²) in [5.74, 6) is 0.439. The van der Waals surface area contributed by atoms with E-state index in [1.807, 2.05) is 6.07 Å². The molecule has 2 atom stereocenters. The van der Waals surface area contributed by atoms with Crippen LogP contribution in [0.2, 0.25) is 5.04 Å². The van der Waals surface area contributed by atoms with Gasteiger partial charge in [-0.15, -0.1) is 0 Å². The van der Waals surface area contributed by atoms with Gasteiger partial charge in [0.1, 0.15) is 5.78 Å². The molecule has 0 N–H and O–H groups in total. The summed E-state index contributed by atoms with van der Waals surface area (Å²) < 4.78 is 7.43. The van der Waals surface area contributed by atoms with Crippen molar-refractivity contribution in [3.8, 4) is 0 Å². The summed E-state index contributed by atoms with van der Waals surface area (Å²) in [6.07, 6.45) is 6.29. The predicted octanol–water partition coefficient (Wildman–Crippen LogP) is 7.74. The Kier molecular flexibility index (Phi) is 10.9. The van der Waals surface area contributed by atoms with Crippen molar-refractivity contribution in [2.45, 2.75) is 90.7 Å². The molecule has 3 aromatic rings. The molecule has 2 nitrogen and oxygen atoms in total. The van der Waals surface area contributed by atoms with Crippen LogP contribution in [0.1, 0.15) is 78.7 Å². The number of hydrogen-bond acceptors (Lipinski definition) is 2. The Morgan fingerprint density at radius 2 is 1.32 bits per heavy atom. The number of carbonyl (C=O) groups excluding carboxylic acids is 1. The minimum atomic E-state index is -2.65. The van der Waals surface area contributed by atoms with Crippen LogP contribution in [-0.4, -0.2) is 20.2 Å². The highest BCUT2D eigenvalue weighted by Crippen LogP contribution is 2.39. The van der Waals surface area contributed by atoms with Crippen molar-refractivity contribution in [3.05, 3.63) is 96.6 Å². The summed E-state index contributed by atoms with van der Waals surface area (Å²) in [5, 5.41) is 2.53. The van der Waals surface area contributed by atoms with Crippen molar-refractivity contribution in [1.82, 2.24) is 0 Å². The summed E-state index contributed by atoms with van der Waals surface area (Å²) in [7, 11) is -2.65. The maximum Gasteiger partial charge on any atom is 0.261 e. The molecular weight excluding hydrogens is 468 g/mol. The van der Waals surface area contributed by atoms with E-state index in [9.17, 15) is 4.79 Å². The monoisotopic (exact) mass is 514 g/mol. The normalized spacial score (nSPS) is 13.8. The zero-order valence-corrected chi connectivity index (χ0v) is 24.6. The highest BCUT2D eigenvalue weighted by atomic mass is 28.4. The molecule has 3 heteroatoms. The fourth-order valence-corrected chi connectivity index (χ4v) is 10.3. The largest absolute Gasteiger partial charge is 0.404 e. The van der Waals surface area contributed by atoms with E-state index >= 15 is 0 Å². The standard InChI is InChI=1S/C34H46O2Si/c1-6-8-20-29(33(35)26-25-28-18-12-9-13-19-28)27-30(7-2)36-37(34(3,4)5,31-21-14-10-15-22-31)32-23-16-11-17-24-32/h9-19,21-24,29-30H,6-8,20,25-27H2,1-5H3/t29-,30-/m1/s1. The van der Waals surface area contributed by atoms with Crippen LogP contribution in [0.4, 0.5) is 0 Å². The quantitative estimate of drug-likeness (QED) is 0.206. The maximum absolute atomic E-state index is 13.5. The molecular formula is C34H46O2Si. The van der Waals surface area contributed by atoms with Crippen LogP contribution in [0.3, 0.4) is 0 Å². The number of benzene rings is 3. The van der Waals surface area contributed by atoms with Crippen molar-refractivity contribution >= 4 is 24.5 Å². The van der Waals surface area contributed by atoms with Gasteiger partial charge in [0, 0.05) is 18.4 Å². The van der Waals surface area contributed by atoms with Gasteiger partial charge in [-0.3, -0.25) is 4.79 Å². The molecule has 0 aliphatic heterocycles. The van der Waals surface area contributed by atoms with Gasteiger partial charge in [-0.1, -0.05) is 138 Å². The van der Waals surface area contributed by atoms with Crippen LogP contribution in [0, 0.1) is 5.92 Å². The van der Waals surface area contributed by atoms with Crippen LogP contribution in [-0.2, 0) is 15.6 Å². The van der Waals surface area contributed by atoms with Gasteiger partial charge < -0.3 is 4.43 Å². The second-order valence-corrected chi connectivity index (χ2v) is 15.6. The molecule has 0 aliphatic carbocycles. The third-order valence-corrected chi connectivity index (χ3v) is 12.7. The summed E-state index contributed by atoms with van der Waals surface area (Å²) in [4.78, 5) is 13.5. The molecule has 0 spiro atoms. The Morgan fingerprint density at radius 1 is 0.811 bits per heavy atom. The molecule has 0 heterocycles. The smallest absolute Gasteiger partial charge is 0.261 e. The van der Waals surface area contributed by atoms with Gasteiger partial charge in [0.25, 0.3) is 8.32 Å². The molecule has 3 aromatic carbocycles. The van der Waals surface area contributed by atoms with Crippen molar-refractivity contribution in [2.75, 3.05) is 0 Å². The molecule has 0 bridgehead atoms. The molecule has 0 fully saturated rings. The van der Waals surface area contributed by atoms with E-state index in [4.69, 9.17) is 4.43 Å². The highest BCUT2D eigenvalue weighted by molar-refractivity contribution is 6.99. The lowest BCUT2D eigenvalue weighted by Gasteiger charge is -2.45. The molecule has 0 aromatic heterocycles. The number of unbranched alkanes of at least 4 members (excludes halogenated alkanes) is 1. The predicted molar refractivity (Wildman–Crippen MR) is 160 cm³/mol. The first-order chi connectivity index (χ1) is 17.8. The molecule has 37 heavy (non-hydrogen) atoms. The van der Waals surface area contributed by atoms with E-state index in [1.54, 1.807) is 0 Å². The lowest BCUT2D eigenvalue weighted by Crippen LogP contribution is -2.67. The van der Waals surface area contributed by atoms with Gasteiger partial charge in [0.15, 0.2) is 0 Å². The van der Waals surface area contributed by atoms with Crippen LogP contribution >= 0.6 is 0 Å². The lowest BCUT2D eigenvalue weighted by atomic mass is 9.88. The van der Waals surface area contributed by atoms with Gasteiger partial charge in [-0.05, 0) is 46.7 Å². The zero-order valence-electron chi connectivity index (χ0n) is 23.6. The summed E-state index contributed by atoms with van der Waals surface area (Å²) >= 11 is 0. The maximum atomic E-state index is 13.5. The van der Waals surface area contributed by atoms with Gasteiger partial charge in [0.05, 0.1) is 0 Å². The van der Waals surface area contributed by atoms with Crippen LogP contribution in [0.15, 0.2) is 91.0 Å². The molecule has 0 saturated heterocycles. The third kappa shape index (κ3) is 7.52. The topological polar surface area (TPSA) is 26.3 Å². The second kappa shape index (κ2) is 13.9. The summed E-state index contributed by atoms with van der Waals surface area (Å²) in [5.41, 5.74) is 1.24. The van der Waals surface area contributed by atoms with Crippen LogP contribution in [0.25, 0.3) is 0 Å². The number of aryl methyl sites for hydroxylation is 1. The third-order valence-electron chi connectivity index (χ3n) is 7.63. The van der Waals surface area contributed by atoms with Crippen LogP contribution in [0.5, 0.6) is 0 Å². The lowest BCUT2D eigenvalue weighted by molar-refractivity contribution is -0.124. The molecule has 198 valence electrons. The highest BCUT2D eigenvalue weighted by Gasteiger charge is 2.51.